The van der Waals surface area contributed by atoms with Crippen molar-refractivity contribution in [3.05, 3.63) is 45.9 Å². The molecule has 4 N–H and O–H groups in total. The maximum atomic E-state index is 13.3. The van der Waals surface area contributed by atoms with Crippen LogP contribution >= 0.6 is 23.2 Å². The molecule has 0 spiro atoms. The van der Waals surface area contributed by atoms with E-state index in [0.717, 1.165) is 12.1 Å². The van der Waals surface area contributed by atoms with Gasteiger partial charge in [-0.1, -0.05) is 23.2 Å². The molecule has 0 amide bonds. The van der Waals surface area contributed by atoms with Crippen molar-refractivity contribution in [1.82, 2.24) is 0 Å². The smallest absolute Gasteiger partial charge is 0.396 e. The van der Waals surface area contributed by atoms with Crippen molar-refractivity contribution in [2.24, 2.45) is 0 Å². The highest BCUT2D eigenvalue weighted by atomic mass is 35.5. The van der Waals surface area contributed by atoms with Gasteiger partial charge in [0, 0.05) is 12.1 Å². The number of hydrogen-bond donors (Lipinski definition) is 2. The number of rotatable bonds is 4. The van der Waals surface area contributed by atoms with E-state index in [-0.39, 0.29) is 21.4 Å². The molecule has 0 radical (unpaired) electrons. The minimum atomic E-state index is -4.77. The molecule has 0 bridgehead atoms. The van der Waals surface area contributed by atoms with Crippen LogP contribution in [0.1, 0.15) is 0 Å². The fourth-order valence-corrected chi connectivity index (χ4v) is 2.58. The largest absolute Gasteiger partial charge is 0.501 e. The van der Waals surface area contributed by atoms with E-state index in [9.17, 15) is 17.2 Å². The Hall–Kier alpha value is -1.97. The molecule has 0 heterocycles. The minimum Gasteiger partial charge on any atom is -0.396 e. The molecule has 0 unspecified atom stereocenters. The molecule has 2 aromatic rings. The molecule has 2 aromatic carbocycles. The average molecular weight is 385 g/mol. The molecule has 0 saturated heterocycles. The summed E-state index contributed by atoms with van der Waals surface area (Å²) in [5.74, 6) is -3.02. The summed E-state index contributed by atoms with van der Waals surface area (Å²) in [6.45, 7) is 0. The first kappa shape index (κ1) is 17.4. The molecule has 0 fully saturated rings. The summed E-state index contributed by atoms with van der Waals surface area (Å²) in [4.78, 5) is 0. The molecule has 11 heteroatoms. The van der Waals surface area contributed by atoms with Crippen LogP contribution in [0.5, 0.6) is 11.5 Å². The standard InChI is InChI=1S/C12H8Cl2F2N2O4S/c13-5-1-9(17)11(3-7(5)15)21-23(19,20)22-12-4-8(16)6(14)2-10(12)18/h1-4H,17-18H2. The molecule has 0 atom stereocenters. The Morgan fingerprint density at radius 1 is 0.826 bits per heavy atom. The van der Waals surface area contributed by atoms with Gasteiger partial charge < -0.3 is 19.8 Å². The van der Waals surface area contributed by atoms with Crippen LogP contribution < -0.4 is 19.8 Å². The zero-order chi connectivity index (χ0) is 17.4. The van der Waals surface area contributed by atoms with E-state index in [0.29, 0.717) is 12.1 Å². The van der Waals surface area contributed by atoms with Crippen LogP contribution in [0.15, 0.2) is 24.3 Å². The monoisotopic (exact) mass is 384 g/mol. The van der Waals surface area contributed by atoms with Gasteiger partial charge in [-0.05, 0) is 12.1 Å². The first-order valence-electron chi connectivity index (χ1n) is 5.72. The quantitative estimate of drug-likeness (QED) is 0.784. The van der Waals surface area contributed by atoms with Gasteiger partial charge in [0.15, 0.2) is 11.5 Å². The molecular weight excluding hydrogens is 377 g/mol. The van der Waals surface area contributed by atoms with Crippen molar-refractivity contribution in [2.75, 3.05) is 11.5 Å². The van der Waals surface area contributed by atoms with Crippen molar-refractivity contribution in [1.29, 1.82) is 0 Å². The lowest BCUT2D eigenvalue weighted by Crippen LogP contribution is -2.18. The summed E-state index contributed by atoms with van der Waals surface area (Å²) >= 11 is 11.0. The second-order valence-corrected chi connectivity index (χ2v) is 6.15. The molecule has 6 nitrogen and oxygen atoms in total. The van der Waals surface area contributed by atoms with Gasteiger partial charge in [0.1, 0.15) is 11.6 Å². The SMILES string of the molecule is Nc1cc(Cl)c(F)cc1OS(=O)(=O)Oc1cc(F)c(Cl)cc1N. The minimum absolute atomic E-state index is 0.251. The Balaban J connectivity index is 2.30. The van der Waals surface area contributed by atoms with Crippen molar-refractivity contribution < 1.29 is 25.6 Å². The predicted molar refractivity (Wildman–Crippen MR) is 81.8 cm³/mol. The maximum absolute atomic E-state index is 13.3. The number of halogens is 4. The van der Waals surface area contributed by atoms with Crippen LogP contribution in [0.4, 0.5) is 20.2 Å². The molecular formula is C12H8Cl2F2N2O4S. The Labute approximate surface area is 139 Å². The third-order valence-electron chi connectivity index (χ3n) is 2.49. The van der Waals surface area contributed by atoms with Gasteiger partial charge in [0.2, 0.25) is 0 Å². The van der Waals surface area contributed by atoms with Crippen LogP contribution in [-0.4, -0.2) is 8.42 Å². The first-order chi connectivity index (χ1) is 10.6. The average Bonchev–Trinajstić information content (AvgIpc) is 2.41. The molecule has 2 rings (SSSR count). The van der Waals surface area contributed by atoms with Crippen molar-refractivity contribution in [2.45, 2.75) is 0 Å². The summed E-state index contributed by atoms with van der Waals surface area (Å²) in [5, 5.41) is -0.644. The summed E-state index contributed by atoms with van der Waals surface area (Å²) < 4.78 is 59.3. The lowest BCUT2D eigenvalue weighted by atomic mass is 10.3. The highest BCUT2D eigenvalue weighted by Gasteiger charge is 2.21. The maximum Gasteiger partial charge on any atom is 0.501 e. The van der Waals surface area contributed by atoms with Crippen LogP contribution in [0, 0.1) is 11.6 Å². The topological polar surface area (TPSA) is 105 Å². The van der Waals surface area contributed by atoms with Gasteiger partial charge in [-0.15, -0.1) is 8.42 Å². The number of benzene rings is 2. The fraction of sp³-hybridized carbons (Fsp3) is 0. The third kappa shape index (κ3) is 4.06. The van der Waals surface area contributed by atoms with E-state index in [1.54, 1.807) is 0 Å². The van der Waals surface area contributed by atoms with Crippen LogP contribution in [0.2, 0.25) is 10.0 Å². The zero-order valence-electron chi connectivity index (χ0n) is 11.0. The van der Waals surface area contributed by atoms with Gasteiger partial charge >= 0.3 is 10.4 Å². The highest BCUT2D eigenvalue weighted by Crippen LogP contribution is 2.32. The zero-order valence-corrected chi connectivity index (χ0v) is 13.3. The van der Waals surface area contributed by atoms with Gasteiger partial charge in [-0.3, -0.25) is 0 Å². The van der Waals surface area contributed by atoms with Crippen LogP contribution in [-0.2, 0) is 10.4 Å². The van der Waals surface area contributed by atoms with E-state index in [2.05, 4.69) is 8.37 Å². The van der Waals surface area contributed by atoms with Crippen LogP contribution in [0.3, 0.4) is 0 Å². The van der Waals surface area contributed by atoms with E-state index in [4.69, 9.17) is 34.7 Å². The molecule has 0 aliphatic rings. The van der Waals surface area contributed by atoms with Gasteiger partial charge in [-0.25, -0.2) is 8.78 Å². The van der Waals surface area contributed by atoms with E-state index >= 15 is 0 Å². The number of nitrogens with two attached hydrogens (primary N) is 2. The molecule has 0 aliphatic carbocycles. The fourth-order valence-electron chi connectivity index (χ4n) is 1.47. The second-order valence-electron chi connectivity index (χ2n) is 4.18. The molecule has 0 aromatic heterocycles. The summed E-state index contributed by atoms with van der Waals surface area (Å²) in [5.41, 5.74) is 10.4. The molecule has 0 saturated carbocycles. The molecule has 0 aliphatic heterocycles. The summed E-state index contributed by atoms with van der Waals surface area (Å²) in [6.07, 6.45) is 0. The molecule has 23 heavy (non-hydrogen) atoms. The Kier molecular flexibility index (Phi) is 4.73. The van der Waals surface area contributed by atoms with E-state index < -0.39 is 33.5 Å². The Morgan fingerprint density at radius 2 is 1.17 bits per heavy atom. The van der Waals surface area contributed by atoms with Gasteiger partial charge in [0.25, 0.3) is 0 Å². The number of hydrogen-bond acceptors (Lipinski definition) is 6. The third-order valence-corrected chi connectivity index (χ3v) is 3.84. The Morgan fingerprint density at radius 3 is 1.52 bits per heavy atom. The van der Waals surface area contributed by atoms with Crippen molar-refractivity contribution >= 4 is 45.0 Å². The number of nitrogen functional groups attached to an aromatic ring is 2. The van der Waals surface area contributed by atoms with Crippen molar-refractivity contribution in [3.63, 3.8) is 0 Å². The van der Waals surface area contributed by atoms with E-state index in [1.807, 2.05) is 0 Å². The van der Waals surface area contributed by atoms with Gasteiger partial charge in [-0.2, -0.15) is 0 Å². The van der Waals surface area contributed by atoms with E-state index in [1.165, 1.54) is 0 Å². The normalized spacial score (nSPS) is 11.3. The first-order valence-corrected chi connectivity index (χ1v) is 7.81. The lowest BCUT2D eigenvalue weighted by molar-refractivity contribution is 0.392. The Bertz CT molecular complexity index is 812. The molecule has 124 valence electrons. The lowest BCUT2D eigenvalue weighted by Gasteiger charge is -2.11. The van der Waals surface area contributed by atoms with Crippen LogP contribution in [0.25, 0.3) is 0 Å². The predicted octanol–water partition coefficient (Wildman–Crippen LogP) is 3.14. The van der Waals surface area contributed by atoms with Gasteiger partial charge in [0.05, 0.1) is 21.4 Å². The second kappa shape index (κ2) is 6.26. The summed E-state index contributed by atoms with van der Waals surface area (Å²) in [7, 11) is -4.77. The number of anilines is 2. The summed E-state index contributed by atoms with van der Waals surface area (Å²) in [6, 6.07) is 3.23. The highest BCUT2D eigenvalue weighted by molar-refractivity contribution is 7.82. The van der Waals surface area contributed by atoms with Crippen molar-refractivity contribution in [3.8, 4) is 11.5 Å².